The Morgan fingerprint density at radius 1 is 1.25 bits per heavy atom. The van der Waals surface area contributed by atoms with Crippen LogP contribution in [-0.2, 0) is 4.79 Å². The highest BCUT2D eigenvalue weighted by Crippen LogP contribution is 2.39. The summed E-state index contributed by atoms with van der Waals surface area (Å²) < 4.78 is 0. The second-order valence-electron chi connectivity index (χ2n) is 7.38. The Hall–Kier alpha value is -0.610. The number of hydrogen-bond donors (Lipinski definition) is 2. The molecule has 2 bridgehead atoms. The van der Waals surface area contributed by atoms with Crippen LogP contribution in [0.3, 0.4) is 0 Å². The summed E-state index contributed by atoms with van der Waals surface area (Å²) in [6, 6.07) is 0.368. The molecular formula is C16H29N3O. The van der Waals surface area contributed by atoms with Crippen LogP contribution in [0.15, 0.2) is 0 Å². The van der Waals surface area contributed by atoms with Crippen molar-refractivity contribution in [1.82, 2.24) is 10.2 Å². The van der Waals surface area contributed by atoms with E-state index in [1.807, 2.05) is 0 Å². The Bertz CT molecular complexity index is 355. The molecule has 0 radical (unpaired) electrons. The van der Waals surface area contributed by atoms with E-state index in [9.17, 15) is 4.79 Å². The summed E-state index contributed by atoms with van der Waals surface area (Å²) in [6.07, 6.45) is 6.72. The van der Waals surface area contributed by atoms with Gasteiger partial charge in [-0.2, -0.15) is 0 Å². The number of amides is 1. The van der Waals surface area contributed by atoms with Gasteiger partial charge in [0.25, 0.3) is 0 Å². The predicted octanol–water partition coefficient (Wildman–Crippen LogP) is 1.35. The van der Waals surface area contributed by atoms with E-state index in [0.717, 1.165) is 38.1 Å². The van der Waals surface area contributed by atoms with Crippen LogP contribution in [0.25, 0.3) is 0 Å². The minimum atomic E-state index is -0.279. The molecule has 20 heavy (non-hydrogen) atoms. The minimum absolute atomic E-state index is 0.241. The fraction of sp³-hybridized carbons (Fsp3) is 0.938. The van der Waals surface area contributed by atoms with E-state index in [2.05, 4.69) is 17.1 Å². The van der Waals surface area contributed by atoms with Gasteiger partial charge in [-0.15, -0.1) is 0 Å². The molecule has 1 atom stereocenters. The molecule has 3 aliphatic heterocycles. The van der Waals surface area contributed by atoms with E-state index in [-0.39, 0.29) is 11.3 Å². The molecule has 114 valence electrons. The maximum absolute atomic E-state index is 12.8. The zero-order chi connectivity index (χ0) is 14.2. The first-order valence-corrected chi connectivity index (χ1v) is 8.36. The molecule has 3 N–H and O–H groups in total. The normalized spacial score (nSPS) is 44.3. The van der Waals surface area contributed by atoms with Crippen LogP contribution < -0.4 is 11.1 Å². The number of carbonyl (C=O) groups is 1. The smallest absolute Gasteiger partial charge is 0.227 e. The van der Waals surface area contributed by atoms with E-state index >= 15 is 0 Å². The van der Waals surface area contributed by atoms with Gasteiger partial charge in [-0.1, -0.05) is 6.92 Å². The van der Waals surface area contributed by atoms with Crippen molar-refractivity contribution in [3.63, 3.8) is 0 Å². The number of nitrogens with zero attached hydrogens (tertiary/aromatic N) is 1. The fourth-order valence-corrected chi connectivity index (χ4v) is 4.29. The molecular weight excluding hydrogens is 250 g/mol. The molecule has 1 unspecified atom stereocenters. The zero-order valence-corrected chi connectivity index (χ0v) is 12.7. The van der Waals surface area contributed by atoms with Crippen LogP contribution in [0.5, 0.6) is 0 Å². The first kappa shape index (κ1) is 14.3. The third-order valence-corrected chi connectivity index (χ3v) is 6.08. The molecule has 0 aromatic heterocycles. The van der Waals surface area contributed by atoms with E-state index in [0.29, 0.717) is 18.5 Å². The molecule has 1 aliphatic carbocycles. The van der Waals surface area contributed by atoms with Gasteiger partial charge >= 0.3 is 0 Å². The Morgan fingerprint density at radius 3 is 2.40 bits per heavy atom. The molecule has 1 saturated carbocycles. The lowest BCUT2D eigenvalue weighted by molar-refractivity contribution is -0.135. The predicted molar refractivity (Wildman–Crippen MR) is 80.2 cm³/mol. The van der Waals surface area contributed by atoms with E-state index in [4.69, 9.17) is 5.73 Å². The van der Waals surface area contributed by atoms with Crippen LogP contribution in [-0.4, -0.2) is 43.0 Å². The van der Waals surface area contributed by atoms with Gasteiger partial charge in [-0.3, -0.25) is 4.79 Å². The summed E-state index contributed by atoms with van der Waals surface area (Å²) in [4.78, 5) is 15.3. The first-order valence-electron chi connectivity index (χ1n) is 8.36. The standard InChI is InChI=1S/C16H29N3O/c1-12-2-6-16(11-17,7-3-12)15(20)18-14-10-19-8-4-13(14)5-9-19/h12-14H,2-11,17H2,1H3,(H,18,20). The monoisotopic (exact) mass is 279 g/mol. The molecule has 0 aromatic carbocycles. The number of hydrogen-bond acceptors (Lipinski definition) is 3. The van der Waals surface area contributed by atoms with Crippen LogP contribution in [0.4, 0.5) is 0 Å². The van der Waals surface area contributed by atoms with Crippen LogP contribution >= 0.6 is 0 Å². The number of nitrogens with one attached hydrogen (secondary N) is 1. The van der Waals surface area contributed by atoms with Crippen LogP contribution in [0.2, 0.25) is 0 Å². The first-order chi connectivity index (χ1) is 9.63. The summed E-state index contributed by atoms with van der Waals surface area (Å²) in [5.41, 5.74) is 5.72. The summed E-state index contributed by atoms with van der Waals surface area (Å²) in [5.74, 6) is 1.69. The minimum Gasteiger partial charge on any atom is -0.351 e. The molecule has 4 heteroatoms. The summed E-state index contributed by atoms with van der Waals surface area (Å²) >= 11 is 0. The third kappa shape index (κ3) is 2.60. The van der Waals surface area contributed by atoms with Gasteiger partial charge in [0.1, 0.15) is 0 Å². The van der Waals surface area contributed by atoms with Crippen molar-refractivity contribution in [2.45, 2.75) is 51.5 Å². The second-order valence-corrected chi connectivity index (χ2v) is 7.38. The van der Waals surface area contributed by atoms with E-state index < -0.39 is 0 Å². The van der Waals surface area contributed by atoms with Gasteiger partial charge in [-0.25, -0.2) is 0 Å². The number of fused-ring (bicyclic) bond motifs is 3. The molecule has 4 fully saturated rings. The average Bonchev–Trinajstić information content (AvgIpc) is 2.49. The highest BCUT2D eigenvalue weighted by atomic mass is 16.2. The Balaban J connectivity index is 1.63. The Morgan fingerprint density at radius 2 is 1.90 bits per heavy atom. The van der Waals surface area contributed by atoms with Crippen molar-refractivity contribution in [2.24, 2.45) is 23.0 Å². The molecule has 4 rings (SSSR count). The third-order valence-electron chi connectivity index (χ3n) is 6.08. The maximum Gasteiger partial charge on any atom is 0.227 e. The van der Waals surface area contributed by atoms with Crippen molar-refractivity contribution in [2.75, 3.05) is 26.2 Å². The quantitative estimate of drug-likeness (QED) is 0.820. The van der Waals surface area contributed by atoms with Crippen molar-refractivity contribution in [3.8, 4) is 0 Å². The molecule has 3 heterocycles. The lowest BCUT2D eigenvalue weighted by Crippen LogP contribution is -2.60. The van der Waals surface area contributed by atoms with Gasteiger partial charge in [-0.05, 0) is 63.5 Å². The highest BCUT2D eigenvalue weighted by Gasteiger charge is 2.42. The highest BCUT2D eigenvalue weighted by molar-refractivity contribution is 5.83. The number of piperidine rings is 3. The van der Waals surface area contributed by atoms with Crippen molar-refractivity contribution in [1.29, 1.82) is 0 Å². The Kier molecular flexibility index (Phi) is 4.04. The molecule has 1 amide bonds. The molecule has 4 nitrogen and oxygen atoms in total. The van der Waals surface area contributed by atoms with Crippen molar-refractivity contribution >= 4 is 5.91 Å². The topological polar surface area (TPSA) is 58.4 Å². The summed E-state index contributed by atoms with van der Waals surface area (Å²) in [5, 5.41) is 3.37. The van der Waals surface area contributed by atoms with Gasteiger partial charge in [0.05, 0.1) is 5.41 Å². The van der Waals surface area contributed by atoms with Crippen LogP contribution in [0.1, 0.15) is 45.4 Å². The summed E-state index contributed by atoms with van der Waals surface area (Å²) in [6.45, 7) is 6.28. The van der Waals surface area contributed by atoms with Gasteiger partial charge in [0, 0.05) is 19.1 Å². The van der Waals surface area contributed by atoms with Gasteiger partial charge < -0.3 is 16.0 Å². The maximum atomic E-state index is 12.8. The molecule has 3 saturated heterocycles. The van der Waals surface area contributed by atoms with Gasteiger partial charge in [0.15, 0.2) is 0 Å². The lowest BCUT2D eigenvalue weighted by Gasteiger charge is -2.46. The van der Waals surface area contributed by atoms with Gasteiger partial charge in [0.2, 0.25) is 5.91 Å². The second kappa shape index (κ2) is 5.64. The number of rotatable bonds is 3. The lowest BCUT2D eigenvalue weighted by atomic mass is 9.70. The molecule has 4 aliphatic rings. The molecule has 0 spiro atoms. The van der Waals surface area contributed by atoms with Crippen molar-refractivity contribution in [3.05, 3.63) is 0 Å². The fourth-order valence-electron chi connectivity index (χ4n) is 4.29. The van der Waals surface area contributed by atoms with E-state index in [1.54, 1.807) is 0 Å². The van der Waals surface area contributed by atoms with Crippen molar-refractivity contribution < 1.29 is 4.79 Å². The largest absolute Gasteiger partial charge is 0.351 e. The SMILES string of the molecule is CC1CCC(CN)(C(=O)NC2CN3CCC2CC3)CC1. The Labute approximate surface area is 122 Å². The van der Waals surface area contributed by atoms with Crippen LogP contribution in [0, 0.1) is 17.3 Å². The molecule has 0 aromatic rings. The average molecular weight is 279 g/mol. The van der Waals surface area contributed by atoms with E-state index in [1.165, 1.54) is 25.9 Å². The number of carbonyl (C=O) groups excluding carboxylic acids is 1. The zero-order valence-electron chi connectivity index (χ0n) is 12.7. The summed E-state index contributed by atoms with van der Waals surface area (Å²) in [7, 11) is 0. The number of nitrogens with two attached hydrogens (primary N) is 1.